The molecule has 3 N–H and O–H groups in total. The summed E-state index contributed by atoms with van der Waals surface area (Å²) in [5.41, 5.74) is 11.3. The van der Waals surface area contributed by atoms with Crippen LogP contribution in [0.3, 0.4) is 0 Å². The van der Waals surface area contributed by atoms with Crippen molar-refractivity contribution in [2.45, 2.75) is 13.0 Å². The third kappa shape index (κ3) is 2.79. The van der Waals surface area contributed by atoms with Crippen LogP contribution in [0, 0.1) is 0 Å². The Kier molecular flexibility index (Phi) is 3.93. The molecule has 0 radical (unpaired) electrons. The maximum absolute atomic E-state index is 6.24. The highest BCUT2D eigenvalue weighted by Gasteiger charge is 2.13. The van der Waals surface area contributed by atoms with Crippen molar-refractivity contribution in [1.29, 1.82) is 0 Å². The predicted octanol–water partition coefficient (Wildman–Crippen LogP) is 5.36. The number of halogens is 2. The number of nitrogens with zero attached hydrogens (tertiary/aromatic N) is 1. The number of anilines is 2. The highest BCUT2D eigenvalue weighted by atomic mass is 35.5. The normalized spacial score (nSPS) is 12.5. The molecule has 0 spiro atoms. The summed E-state index contributed by atoms with van der Waals surface area (Å²) in [6.07, 6.45) is 0. The van der Waals surface area contributed by atoms with Crippen LogP contribution < -0.4 is 11.1 Å². The summed E-state index contributed by atoms with van der Waals surface area (Å²) in [5, 5.41) is 4.64. The van der Waals surface area contributed by atoms with E-state index in [2.05, 4.69) is 10.3 Å². The number of thiazole rings is 1. The van der Waals surface area contributed by atoms with Crippen LogP contribution in [-0.2, 0) is 0 Å². The average Bonchev–Trinajstić information content (AvgIpc) is 2.91. The minimum absolute atomic E-state index is 0.00755. The van der Waals surface area contributed by atoms with Gasteiger partial charge in [-0.1, -0.05) is 29.3 Å². The molecule has 21 heavy (non-hydrogen) atoms. The van der Waals surface area contributed by atoms with Gasteiger partial charge in [0.25, 0.3) is 0 Å². The second-order valence-electron chi connectivity index (χ2n) is 4.76. The van der Waals surface area contributed by atoms with Crippen LogP contribution in [0.25, 0.3) is 10.2 Å². The molecule has 0 aliphatic rings. The van der Waals surface area contributed by atoms with E-state index in [4.69, 9.17) is 28.9 Å². The maximum atomic E-state index is 6.24. The van der Waals surface area contributed by atoms with Gasteiger partial charge in [0.2, 0.25) is 0 Å². The molecule has 0 amide bonds. The highest BCUT2D eigenvalue weighted by Crippen LogP contribution is 2.34. The first-order valence-electron chi connectivity index (χ1n) is 6.39. The molecular formula is C15H13Cl2N3S. The van der Waals surface area contributed by atoms with Crippen LogP contribution in [0.5, 0.6) is 0 Å². The Hall–Kier alpha value is -1.49. The molecular weight excluding hydrogens is 325 g/mol. The molecule has 0 bridgehead atoms. The van der Waals surface area contributed by atoms with Gasteiger partial charge in [-0.3, -0.25) is 0 Å². The Bertz CT molecular complexity index is 801. The topological polar surface area (TPSA) is 50.9 Å². The molecule has 6 heteroatoms. The van der Waals surface area contributed by atoms with Crippen LogP contribution in [0.2, 0.25) is 10.0 Å². The van der Waals surface area contributed by atoms with Crippen LogP contribution in [0.4, 0.5) is 11.4 Å². The van der Waals surface area contributed by atoms with Gasteiger partial charge in [0.1, 0.15) is 5.52 Å². The number of aromatic nitrogens is 1. The lowest BCUT2D eigenvalue weighted by Crippen LogP contribution is -2.09. The van der Waals surface area contributed by atoms with E-state index >= 15 is 0 Å². The lowest BCUT2D eigenvalue weighted by molar-refractivity contribution is 0.886. The second kappa shape index (κ2) is 5.72. The Morgan fingerprint density at radius 1 is 1.24 bits per heavy atom. The average molecular weight is 338 g/mol. The van der Waals surface area contributed by atoms with Gasteiger partial charge in [-0.2, -0.15) is 0 Å². The van der Waals surface area contributed by atoms with E-state index in [9.17, 15) is 0 Å². The van der Waals surface area contributed by atoms with Crippen molar-refractivity contribution in [3.8, 4) is 0 Å². The van der Waals surface area contributed by atoms with Crippen LogP contribution in [-0.4, -0.2) is 4.98 Å². The van der Waals surface area contributed by atoms with E-state index in [0.717, 1.165) is 21.5 Å². The predicted molar refractivity (Wildman–Crippen MR) is 92.5 cm³/mol. The molecule has 0 aliphatic heterocycles. The van der Waals surface area contributed by atoms with Crippen molar-refractivity contribution >= 4 is 56.1 Å². The molecule has 1 atom stereocenters. The van der Waals surface area contributed by atoms with Gasteiger partial charge < -0.3 is 11.1 Å². The van der Waals surface area contributed by atoms with Crippen LogP contribution in [0.15, 0.2) is 35.8 Å². The number of nitrogen functional groups attached to an aromatic ring is 1. The third-order valence-electron chi connectivity index (χ3n) is 3.34. The smallest absolute Gasteiger partial charge is 0.106 e. The Morgan fingerprint density at radius 3 is 2.81 bits per heavy atom. The van der Waals surface area contributed by atoms with Crippen LogP contribution in [0.1, 0.15) is 18.5 Å². The monoisotopic (exact) mass is 337 g/mol. The van der Waals surface area contributed by atoms with E-state index in [0.29, 0.717) is 15.7 Å². The molecule has 0 fully saturated rings. The van der Waals surface area contributed by atoms with Crippen molar-refractivity contribution in [1.82, 2.24) is 4.98 Å². The SMILES string of the molecule is CC(Nc1ccc2scnc2c1N)c1ccc(Cl)cc1Cl. The van der Waals surface area contributed by atoms with Crippen molar-refractivity contribution in [2.75, 3.05) is 11.1 Å². The van der Waals surface area contributed by atoms with Crippen molar-refractivity contribution in [3.63, 3.8) is 0 Å². The number of benzene rings is 2. The fraction of sp³-hybridized carbons (Fsp3) is 0.133. The van der Waals surface area contributed by atoms with E-state index in [-0.39, 0.29) is 6.04 Å². The lowest BCUT2D eigenvalue weighted by Gasteiger charge is -2.18. The standard InChI is InChI=1S/C15H13Cl2N3S/c1-8(10-3-2-9(16)6-11(10)17)20-12-4-5-13-15(14(12)18)19-7-21-13/h2-8,20H,18H2,1H3. The summed E-state index contributed by atoms with van der Waals surface area (Å²) < 4.78 is 1.08. The minimum atomic E-state index is 0.00755. The van der Waals surface area contributed by atoms with Gasteiger partial charge in [-0.25, -0.2) is 4.98 Å². The maximum Gasteiger partial charge on any atom is 0.106 e. The molecule has 1 unspecified atom stereocenters. The third-order valence-corrected chi connectivity index (χ3v) is 4.70. The summed E-state index contributed by atoms with van der Waals surface area (Å²) in [6, 6.07) is 9.48. The summed E-state index contributed by atoms with van der Waals surface area (Å²) in [7, 11) is 0. The number of rotatable bonds is 3. The number of nitrogens with two attached hydrogens (primary N) is 1. The molecule has 0 saturated carbocycles. The first kappa shape index (κ1) is 14.4. The lowest BCUT2D eigenvalue weighted by atomic mass is 10.1. The van der Waals surface area contributed by atoms with E-state index in [1.807, 2.05) is 31.2 Å². The summed E-state index contributed by atoms with van der Waals surface area (Å²) in [4.78, 5) is 4.30. The fourth-order valence-electron chi connectivity index (χ4n) is 2.24. The van der Waals surface area contributed by atoms with Gasteiger partial charge in [0.05, 0.1) is 27.6 Å². The van der Waals surface area contributed by atoms with E-state index in [1.54, 1.807) is 22.9 Å². The van der Waals surface area contributed by atoms with Gasteiger partial charge in [0, 0.05) is 10.0 Å². The van der Waals surface area contributed by atoms with Crippen molar-refractivity contribution in [2.24, 2.45) is 0 Å². The number of nitrogens with one attached hydrogen (secondary N) is 1. The molecule has 3 nitrogen and oxygen atoms in total. The molecule has 1 heterocycles. The first-order chi connectivity index (χ1) is 10.1. The van der Waals surface area contributed by atoms with E-state index < -0.39 is 0 Å². The minimum Gasteiger partial charge on any atom is -0.395 e. The molecule has 108 valence electrons. The van der Waals surface area contributed by atoms with Crippen molar-refractivity contribution in [3.05, 3.63) is 51.5 Å². The number of hydrogen-bond donors (Lipinski definition) is 2. The number of hydrogen-bond acceptors (Lipinski definition) is 4. The summed E-state index contributed by atoms with van der Waals surface area (Å²) in [5.74, 6) is 0. The van der Waals surface area contributed by atoms with Crippen molar-refractivity contribution < 1.29 is 0 Å². The second-order valence-corrected chi connectivity index (χ2v) is 6.49. The van der Waals surface area contributed by atoms with Gasteiger partial charge >= 0.3 is 0 Å². The van der Waals surface area contributed by atoms with E-state index in [1.165, 1.54) is 0 Å². The highest BCUT2D eigenvalue weighted by molar-refractivity contribution is 7.16. The molecule has 2 aromatic carbocycles. The zero-order valence-electron chi connectivity index (χ0n) is 11.2. The molecule has 0 aliphatic carbocycles. The fourth-order valence-corrected chi connectivity index (χ4v) is 3.51. The van der Waals surface area contributed by atoms with Crippen LogP contribution >= 0.6 is 34.5 Å². The molecule has 1 aromatic heterocycles. The zero-order chi connectivity index (χ0) is 15.0. The van der Waals surface area contributed by atoms with Gasteiger partial charge in [-0.15, -0.1) is 11.3 Å². The largest absolute Gasteiger partial charge is 0.395 e. The first-order valence-corrected chi connectivity index (χ1v) is 8.03. The molecule has 3 aromatic rings. The molecule has 3 rings (SSSR count). The summed E-state index contributed by atoms with van der Waals surface area (Å²) >= 11 is 13.7. The molecule has 0 saturated heterocycles. The number of fused-ring (bicyclic) bond motifs is 1. The quantitative estimate of drug-likeness (QED) is 0.632. The summed E-state index contributed by atoms with van der Waals surface area (Å²) in [6.45, 7) is 2.03. The Morgan fingerprint density at radius 2 is 2.05 bits per heavy atom. The zero-order valence-corrected chi connectivity index (χ0v) is 13.6. The Labute approximate surface area is 136 Å². The Balaban J connectivity index is 1.92. The van der Waals surface area contributed by atoms with Gasteiger partial charge in [-0.05, 0) is 36.8 Å². The van der Waals surface area contributed by atoms with Gasteiger partial charge in [0.15, 0.2) is 0 Å².